The summed E-state index contributed by atoms with van der Waals surface area (Å²) in [6.07, 6.45) is 5.87. The number of carboxylic acids is 1. The maximum Gasteiger partial charge on any atom is 0.311 e. The van der Waals surface area contributed by atoms with Gasteiger partial charge >= 0.3 is 11.9 Å². The molecule has 0 amide bonds. The number of carbonyl (C=O) groups is 2. The SMILES string of the molecule is C[C@]12CC[C@@H]3c4ccc(OC(=O)CCC(=O)O)cc4CC[C@H]3[C@@H]1CC[C@@H]2O. The number of rotatable bonds is 4. The first-order valence-electron chi connectivity index (χ1n) is 10.1. The lowest BCUT2D eigenvalue weighted by Gasteiger charge is -2.50. The molecule has 5 nitrogen and oxygen atoms in total. The Morgan fingerprint density at radius 3 is 2.78 bits per heavy atom. The van der Waals surface area contributed by atoms with Crippen LogP contribution in [0, 0.1) is 17.3 Å². The molecule has 2 saturated carbocycles. The summed E-state index contributed by atoms with van der Waals surface area (Å²) < 4.78 is 5.33. The number of aliphatic hydroxyl groups excluding tert-OH is 1. The average molecular weight is 372 g/mol. The van der Waals surface area contributed by atoms with E-state index in [1.165, 1.54) is 11.1 Å². The van der Waals surface area contributed by atoms with Crippen LogP contribution < -0.4 is 4.74 Å². The summed E-state index contributed by atoms with van der Waals surface area (Å²) in [4.78, 5) is 22.4. The molecular formula is C22H28O5. The lowest BCUT2D eigenvalue weighted by atomic mass is 9.55. The minimum Gasteiger partial charge on any atom is -0.481 e. The Bertz CT molecular complexity index is 757. The van der Waals surface area contributed by atoms with E-state index in [-0.39, 0.29) is 24.4 Å². The molecule has 5 heteroatoms. The van der Waals surface area contributed by atoms with Gasteiger partial charge in [0.25, 0.3) is 0 Å². The highest BCUT2D eigenvalue weighted by Crippen LogP contribution is 2.60. The summed E-state index contributed by atoms with van der Waals surface area (Å²) >= 11 is 0. The van der Waals surface area contributed by atoms with Gasteiger partial charge in [0.15, 0.2) is 0 Å². The lowest BCUT2D eigenvalue weighted by Crippen LogP contribution is -2.43. The molecule has 3 aliphatic rings. The molecular weight excluding hydrogens is 344 g/mol. The van der Waals surface area contributed by atoms with Crippen LogP contribution in [-0.4, -0.2) is 28.3 Å². The van der Waals surface area contributed by atoms with Gasteiger partial charge in [0.1, 0.15) is 5.75 Å². The molecule has 4 rings (SSSR count). The molecule has 2 fully saturated rings. The number of hydrogen-bond donors (Lipinski definition) is 2. The van der Waals surface area contributed by atoms with Crippen molar-refractivity contribution in [2.24, 2.45) is 17.3 Å². The molecule has 0 unspecified atom stereocenters. The third-order valence-corrected chi connectivity index (χ3v) is 7.42. The Kier molecular flexibility index (Phi) is 4.75. The first-order valence-corrected chi connectivity index (χ1v) is 10.1. The van der Waals surface area contributed by atoms with E-state index >= 15 is 0 Å². The van der Waals surface area contributed by atoms with Crippen LogP contribution in [0.25, 0.3) is 0 Å². The number of aliphatic carboxylic acids is 1. The van der Waals surface area contributed by atoms with E-state index in [0.29, 0.717) is 23.5 Å². The van der Waals surface area contributed by atoms with Gasteiger partial charge in [0.2, 0.25) is 0 Å². The van der Waals surface area contributed by atoms with Crippen LogP contribution in [0.2, 0.25) is 0 Å². The van der Waals surface area contributed by atoms with Gasteiger partial charge in [0.05, 0.1) is 18.9 Å². The van der Waals surface area contributed by atoms with Gasteiger partial charge in [-0.15, -0.1) is 0 Å². The Morgan fingerprint density at radius 2 is 2.00 bits per heavy atom. The number of carboxylic acid groups (broad SMARTS) is 1. The van der Waals surface area contributed by atoms with Crippen molar-refractivity contribution in [3.8, 4) is 5.75 Å². The number of benzene rings is 1. The normalized spacial score (nSPS) is 34.3. The fourth-order valence-corrected chi connectivity index (χ4v) is 5.99. The van der Waals surface area contributed by atoms with Crippen molar-refractivity contribution >= 4 is 11.9 Å². The van der Waals surface area contributed by atoms with Crippen molar-refractivity contribution in [2.45, 2.75) is 70.3 Å². The minimum atomic E-state index is -0.996. The minimum absolute atomic E-state index is 0.0816. The number of carbonyl (C=O) groups excluding carboxylic acids is 1. The highest BCUT2D eigenvalue weighted by molar-refractivity contribution is 5.78. The van der Waals surface area contributed by atoms with E-state index in [1.807, 2.05) is 12.1 Å². The Hall–Kier alpha value is -1.88. The molecule has 0 spiro atoms. The summed E-state index contributed by atoms with van der Waals surface area (Å²) in [5.74, 6) is 0.794. The van der Waals surface area contributed by atoms with Gasteiger partial charge in [0, 0.05) is 0 Å². The van der Waals surface area contributed by atoms with E-state index in [9.17, 15) is 14.7 Å². The van der Waals surface area contributed by atoms with Crippen LogP contribution in [0.4, 0.5) is 0 Å². The summed E-state index contributed by atoms with van der Waals surface area (Å²) in [6.45, 7) is 2.28. The monoisotopic (exact) mass is 372 g/mol. The van der Waals surface area contributed by atoms with Crippen LogP contribution in [0.5, 0.6) is 5.75 Å². The van der Waals surface area contributed by atoms with Crippen molar-refractivity contribution in [3.05, 3.63) is 29.3 Å². The van der Waals surface area contributed by atoms with Gasteiger partial charge in [-0.1, -0.05) is 13.0 Å². The average Bonchev–Trinajstić information content (AvgIpc) is 2.94. The number of aryl methyl sites for hydroxylation is 1. The van der Waals surface area contributed by atoms with Crippen molar-refractivity contribution in [2.75, 3.05) is 0 Å². The molecule has 27 heavy (non-hydrogen) atoms. The standard InChI is InChI=1S/C22H28O5/c1-22-11-10-16-15-5-3-14(27-21(26)9-8-20(24)25)12-13(15)2-4-17(16)18(22)6-7-19(22)23/h3,5,12,16-19,23H,2,4,6-11H2,1H3,(H,24,25)/t16-,17-,18+,19+,22+/m1/s1. The maximum absolute atomic E-state index is 11.8. The zero-order valence-corrected chi connectivity index (χ0v) is 15.8. The molecule has 0 aliphatic heterocycles. The second kappa shape index (κ2) is 6.93. The van der Waals surface area contributed by atoms with Gasteiger partial charge in [-0.2, -0.15) is 0 Å². The molecule has 0 heterocycles. The van der Waals surface area contributed by atoms with Gasteiger partial charge in [-0.3, -0.25) is 9.59 Å². The summed E-state index contributed by atoms with van der Waals surface area (Å²) in [7, 11) is 0. The number of fused-ring (bicyclic) bond motifs is 5. The van der Waals surface area contributed by atoms with Gasteiger partial charge in [-0.25, -0.2) is 0 Å². The second-order valence-corrected chi connectivity index (χ2v) is 8.78. The summed E-state index contributed by atoms with van der Waals surface area (Å²) in [5.41, 5.74) is 2.71. The van der Waals surface area contributed by atoms with Crippen LogP contribution in [0.3, 0.4) is 0 Å². The molecule has 1 aromatic rings. The number of ether oxygens (including phenoxy) is 1. The predicted octanol–water partition coefficient (Wildman–Crippen LogP) is 3.67. The highest BCUT2D eigenvalue weighted by Gasteiger charge is 2.54. The third kappa shape index (κ3) is 3.27. The van der Waals surface area contributed by atoms with Crippen LogP contribution in [0.1, 0.15) is 68.9 Å². The quantitative estimate of drug-likeness (QED) is 0.622. The summed E-state index contributed by atoms with van der Waals surface area (Å²) in [5, 5.41) is 19.2. The van der Waals surface area contributed by atoms with E-state index in [4.69, 9.17) is 9.84 Å². The Balaban J connectivity index is 1.49. The molecule has 0 aromatic heterocycles. The van der Waals surface area contributed by atoms with Crippen molar-refractivity contribution < 1.29 is 24.5 Å². The van der Waals surface area contributed by atoms with Gasteiger partial charge in [-0.05, 0) is 85.0 Å². The smallest absolute Gasteiger partial charge is 0.311 e. The summed E-state index contributed by atoms with van der Waals surface area (Å²) in [6, 6.07) is 5.90. The number of esters is 1. The van der Waals surface area contributed by atoms with Crippen LogP contribution in [-0.2, 0) is 16.0 Å². The maximum atomic E-state index is 11.8. The zero-order valence-electron chi connectivity index (χ0n) is 15.8. The number of aliphatic hydroxyl groups is 1. The van der Waals surface area contributed by atoms with Gasteiger partial charge < -0.3 is 14.9 Å². The Labute approximate surface area is 159 Å². The molecule has 0 saturated heterocycles. The van der Waals surface area contributed by atoms with E-state index in [1.54, 1.807) is 0 Å². The van der Waals surface area contributed by atoms with Crippen molar-refractivity contribution in [1.82, 2.24) is 0 Å². The third-order valence-electron chi connectivity index (χ3n) is 7.42. The fraction of sp³-hybridized carbons (Fsp3) is 0.636. The lowest BCUT2D eigenvalue weighted by molar-refractivity contribution is -0.142. The zero-order chi connectivity index (χ0) is 19.2. The Morgan fingerprint density at radius 1 is 1.19 bits per heavy atom. The first-order chi connectivity index (χ1) is 12.9. The first kappa shape index (κ1) is 18.5. The van der Waals surface area contributed by atoms with E-state index in [0.717, 1.165) is 38.5 Å². The molecule has 0 radical (unpaired) electrons. The van der Waals surface area contributed by atoms with Crippen molar-refractivity contribution in [3.63, 3.8) is 0 Å². The molecule has 3 aliphatic carbocycles. The highest BCUT2D eigenvalue weighted by atomic mass is 16.5. The predicted molar refractivity (Wildman–Crippen MR) is 99.6 cm³/mol. The topological polar surface area (TPSA) is 83.8 Å². The number of hydrogen-bond acceptors (Lipinski definition) is 4. The molecule has 2 N–H and O–H groups in total. The molecule has 0 bridgehead atoms. The molecule has 146 valence electrons. The van der Waals surface area contributed by atoms with Crippen molar-refractivity contribution in [1.29, 1.82) is 0 Å². The fourth-order valence-electron chi connectivity index (χ4n) is 5.99. The van der Waals surface area contributed by atoms with Crippen LogP contribution in [0.15, 0.2) is 18.2 Å². The second-order valence-electron chi connectivity index (χ2n) is 8.78. The van der Waals surface area contributed by atoms with E-state index in [2.05, 4.69) is 13.0 Å². The molecule has 5 atom stereocenters. The largest absolute Gasteiger partial charge is 0.481 e. The van der Waals surface area contributed by atoms with E-state index < -0.39 is 11.9 Å². The van der Waals surface area contributed by atoms with Crippen LogP contribution >= 0.6 is 0 Å². The molecule has 1 aromatic carbocycles.